The quantitative estimate of drug-likeness (QED) is 0.349. The third kappa shape index (κ3) is 7.62. The highest BCUT2D eigenvalue weighted by Gasteiger charge is 2.47. The molecule has 0 aromatic heterocycles. The van der Waals surface area contributed by atoms with Crippen molar-refractivity contribution in [1.29, 1.82) is 0 Å². The number of carbonyl (C=O) groups is 4. The van der Waals surface area contributed by atoms with Crippen LogP contribution in [0.25, 0.3) is 0 Å². The zero-order valence-corrected chi connectivity index (χ0v) is 23.1. The van der Waals surface area contributed by atoms with Crippen molar-refractivity contribution >= 4 is 41.2 Å². The van der Waals surface area contributed by atoms with E-state index in [-0.39, 0.29) is 36.6 Å². The van der Waals surface area contributed by atoms with Gasteiger partial charge < -0.3 is 20.3 Å². The molecule has 2 aromatic carbocycles. The van der Waals surface area contributed by atoms with E-state index in [1.165, 1.54) is 33.7 Å². The Balaban J connectivity index is 1.24. The van der Waals surface area contributed by atoms with E-state index in [4.69, 9.17) is 4.74 Å². The van der Waals surface area contributed by atoms with E-state index in [9.17, 15) is 23.6 Å². The fourth-order valence-electron chi connectivity index (χ4n) is 4.55. The summed E-state index contributed by atoms with van der Waals surface area (Å²) in [6, 6.07) is 12.0. The third-order valence-electron chi connectivity index (χ3n) is 6.61. The number of halogens is 1. The molecule has 11 heteroatoms. The normalized spacial score (nSPS) is 18.1. The highest BCUT2D eigenvalue weighted by molar-refractivity contribution is 8.03. The second-order valence-electron chi connectivity index (χ2n) is 9.50. The molecule has 2 heterocycles. The molecule has 1 fully saturated rings. The summed E-state index contributed by atoms with van der Waals surface area (Å²) in [5.41, 5.74) is 1.40. The molecule has 0 radical (unpaired) electrons. The summed E-state index contributed by atoms with van der Waals surface area (Å²) in [6.07, 6.45) is 3.90. The number of hydrogen-bond donors (Lipinski definition) is 2. The van der Waals surface area contributed by atoms with Crippen molar-refractivity contribution in [3.63, 3.8) is 0 Å². The molecule has 2 N–H and O–H groups in total. The first kappa shape index (κ1) is 29.1. The summed E-state index contributed by atoms with van der Waals surface area (Å²) < 4.78 is 18.4. The van der Waals surface area contributed by atoms with Crippen LogP contribution in [0.3, 0.4) is 0 Å². The van der Waals surface area contributed by atoms with Gasteiger partial charge in [0.15, 0.2) is 0 Å². The van der Waals surface area contributed by atoms with E-state index < -0.39 is 17.3 Å². The number of hydrogen-bond acceptors (Lipinski definition) is 6. The lowest BCUT2D eigenvalue weighted by atomic mass is 10.1. The second kappa shape index (κ2) is 14.0. The zero-order valence-electron chi connectivity index (χ0n) is 22.3. The molecule has 0 saturated carbocycles. The van der Waals surface area contributed by atoms with E-state index in [0.717, 1.165) is 5.56 Å². The average molecular weight is 569 g/mol. The third-order valence-corrected chi connectivity index (χ3v) is 7.70. The molecule has 9 nitrogen and oxygen atoms in total. The first-order valence-electron chi connectivity index (χ1n) is 13.3. The lowest BCUT2D eigenvalue weighted by Crippen LogP contribution is -2.63. The number of nitrogens with zero attached hydrogens (tertiary/aromatic N) is 2. The topological polar surface area (TPSA) is 108 Å². The molecule has 2 aliphatic heterocycles. The molecule has 4 rings (SSSR count). The first-order valence-corrected chi connectivity index (χ1v) is 14.3. The van der Waals surface area contributed by atoms with Gasteiger partial charge in [-0.15, -0.1) is 11.8 Å². The van der Waals surface area contributed by atoms with Gasteiger partial charge in [-0.3, -0.25) is 19.3 Å². The van der Waals surface area contributed by atoms with E-state index in [1.54, 1.807) is 47.9 Å². The predicted molar refractivity (Wildman–Crippen MR) is 151 cm³/mol. The molecule has 2 atom stereocenters. The number of rotatable bonds is 13. The van der Waals surface area contributed by atoms with Gasteiger partial charge in [-0.1, -0.05) is 24.6 Å². The van der Waals surface area contributed by atoms with Crippen LogP contribution < -0.4 is 15.4 Å². The summed E-state index contributed by atoms with van der Waals surface area (Å²) in [7, 11) is 0. The van der Waals surface area contributed by atoms with Crippen LogP contribution in [0.4, 0.5) is 14.9 Å². The number of anilines is 1. The maximum atomic E-state index is 13.3. The molecule has 2 unspecified atom stereocenters. The van der Waals surface area contributed by atoms with E-state index in [2.05, 4.69) is 10.6 Å². The van der Waals surface area contributed by atoms with Gasteiger partial charge in [0.2, 0.25) is 17.7 Å². The molecule has 5 amide bonds. The number of nitrogens with one attached hydrogen (secondary N) is 2. The van der Waals surface area contributed by atoms with Gasteiger partial charge in [-0.05, 0) is 67.1 Å². The molecular formula is C29H33FN4O5S. The fourth-order valence-corrected chi connectivity index (χ4v) is 5.62. The van der Waals surface area contributed by atoms with Gasteiger partial charge in [-0.2, -0.15) is 0 Å². The van der Waals surface area contributed by atoms with Gasteiger partial charge in [0.1, 0.15) is 23.4 Å². The Kier molecular flexibility index (Phi) is 10.2. The van der Waals surface area contributed by atoms with Crippen molar-refractivity contribution in [2.24, 2.45) is 0 Å². The van der Waals surface area contributed by atoms with E-state index >= 15 is 0 Å². The molecule has 40 heavy (non-hydrogen) atoms. The lowest BCUT2D eigenvalue weighted by Gasteiger charge is -2.41. The van der Waals surface area contributed by atoms with Crippen LogP contribution in [0.15, 0.2) is 60.0 Å². The number of amides is 5. The Hall–Kier alpha value is -3.86. The van der Waals surface area contributed by atoms with Crippen LogP contribution in [-0.4, -0.2) is 64.5 Å². The van der Waals surface area contributed by atoms with Crippen LogP contribution in [0.1, 0.15) is 38.2 Å². The molecule has 0 aliphatic carbocycles. The van der Waals surface area contributed by atoms with Crippen LogP contribution >= 0.6 is 11.8 Å². The summed E-state index contributed by atoms with van der Waals surface area (Å²) in [4.78, 5) is 54.0. The zero-order chi connectivity index (χ0) is 28.5. The number of thioether (sulfide) groups is 1. The van der Waals surface area contributed by atoms with Crippen molar-refractivity contribution in [3.8, 4) is 5.75 Å². The van der Waals surface area contributed by atoms with Crippen molar-refractivity contribution in [2.45, 2.75) is 50.4 Å². The van der Waals surface area contributed by atoms with Crippen LogP contribution in [0.5, 0.6) is 5.75 Å². The second-order valence-corrected chi connectivity index (χ2v) is 10.5. The Morgan fingerprint density at radius 3 is 2.48 bits per heavy atom. The van der Waals surface area contributed by atoms with Gasteiger partial charge in [0.25, 0.3) is 0 Å². The molecule has 1 saturated heterocycles. The predicted octanol–water partition coefficient (Wildman–Crippen LogP) is 4.30. The molecule has 0 spiro atoms. The van der Waals surface area contributed by atoms with Crippen molar-refractivity contribution in [1.82, 2.24) is 15.1 Å². The molecular weight excluding hydrogens is 535 g/mol. The molecule has 2 aromatic rings. The smallest absolute Gasteiger partial charge is 0.327 e. The minimum Gasteiger partial charge on any atom is -0.494 e. The summed E-state index contributed by atoms with van der Waals surface area (Å²) in [6.45, 7) is 2.79. The van der Waals surface area contributed by atoms with Gasteiger partial charge >= 0.3 is 6.03 Å². The molecule has 2 aliphatic rings. The maximum absolute atomic E-state index is 13.3. The minimum absolute atomic E-state index is 0.115. The number of benzene rings is 2. The fraction of sp³-hybridized carbons (Fsp3) is 0.379. The molecule has 212 valence electrons. The van der Waals surface area contributed by atoms with Crippen molar-refractivity contribution in [3.05, 3.63) is 71.4 Å². The Bertz CT molecular complexity index is 1240. The van der Waals surface area contributed by atoms with Crippen LogP contribution in [-0.2, 0) is 20.9 Å². The first-order chi connectivity index (χ1) is 19.4. The summed E-state index contributed by atoms with van der Waals surface area (Å²) in [5, 5.41) is 6.93. The lowest BCUT2D eigenvalue weighted by molar-refractivity contribution is -0.132. The van der Waals surface area contributed by atoms with Crippen molar-refractivity contribution in [2.75, 3.05) is 25.0 Å². The Morgan fingerprint density at radius 1 is 1.00 bits per heavy atom. The number of urea groups is 1. The Labute approximate surface area is 237 Å². The number of imide groups is 1. The SMILES string of the molecule is CCOc1ccc(NC(=O)CN2C(=O)N(CCCCCC(=O)NCc3ccc(F)cc3)C(=O)C3SC=CC32)cc1. The maximum Gasteiger partial charge on any atom is 0.327 e. The number of fused-ring (bicyclic) bond motifs is 1. The van der Waals surface area contributed by atoms with Crippen LogP contribution in [0, 0.1) is 5.82 Å². The van der Waals surface area contributed by atoms with Gasteiger partial charge in [0, 0.05) is 25.2 Å². The van der Waals surface area contributed by atoms with E-state index in [1.807, 2.05) is 6.92 Å². The van der Waals surface area contributed by atoms with Crippen LogP contribution in [0.2, 0.25) is 0 Å². The van der Waals surface area contributed by atoms with E-state index in [0.29, 0.717) is 50.3 Å². The summed E-state index contributed by atoms with van der Waals surface area (Å²) >= 11 is 1.35. The largest absolute Gasteiger partial charge is 0.494 e. The minimum atomic E-state index is -0.489. The Morgan fingerprint density at radius 2 is 1.75 bits per heavy atom. The van der Waals surface area contributed by atoms with Gasteiger partial charge in [0.05, 0.1) is 12.6 Å². The number of unbranched alkanes of at least 4 members (excludes halogenated alkanes) is 2. The highest BCUT2D eigenvalue weighted by atomic mass is 32.2. The number of carbonyl (C=O) groups excluding carboxylic acids is 4. The average Bonchev–Trinajstić information content (AvgIpc) is 3.44. The molecule has 0 bridgehead atoms. The van der Waals surface area contributed by atoms with Gasteiger partial charge in [-0.25, -0.2) is 9.18 Å². The van der Waals surface area contributed by atoms with Crippen molar-refractivity contribution < 1.29 is 28.3 Å². The standard InChI is InChI=1S/C29H33FN4O5S/c1-2-39-23-13-11-22(12-14-23)32-26(36)19-34-24-15-17-40-27(24)28(37)33(29(34)38)16-5-3-4-6-25(35)31-18-20-7-9-21(30)10-8-20/h7-15,17,24,27H,2-6,16,18-19H2,1H3,(H,31,35)(H,32,36). The summed E-state index contributed by atoms with van der Waals surface area (Å²) in [5.74, 6) is -0.361. The highest BCUT2D eigenvalue weighted by Crippen LogP contribution is 2.34. The monoisotopic (exact) mass is 568 g/mol. The number of ether oxygens (including phenoxy) is 1.